The molecule has 0 saturated carbocycles. The van der Waals surface area contributed by atoms with Crippen molar-refractivity contribution in [2.75, 3.05) is 14.1 Å². The largest absolute Gasteiger partial charge is 0.367 e. The van der Waals surface area contributed by atoms with Gasteiger partial charge in [0, 0.05) is 0 Å². The molecule has 0 spiro atoms. The van der Waals surface area contributed by atoms with Crippen LogP contribution in [0, 0.1) is 0 Å². The van der Waals surface area contributed by atoms with Gasteiger partial charge in [-0.25, -0.2) is 0 Å². The Balaban J connectivity index is 4.29. The predicted octanol–water partition coefficient (Wildman–Crippen LogP) is -0.121. The molecule has 0 heterocycles. The monoisotopic (exact) mass is 173 g/mol. The van der Waals surface area contributed by atoms with E-state index in [1.165, 1.54) is 0 Å². The molecule has 4 N–H and O–H groups in total. The summed E-state index contributed by atoms with van der Waals surface area (Å²) in [6.07, 6.45) is 2.55. The van der Waals surface area contributed by atoms with Crippen molar-refractivity contribution >= 4 is 5.91 Å². The quantitative estimate of drug-likeness (QED) is 0.569. The van der Waals surface area contributed by atoms with Crippen molar-refractivity contribution in [1.82, 2.24) is 4.90 Å². The summed E-state index contributed by atoms with van der Waals surface area (Å²) in [5, 5.41) is 0. The minimum absolute atomic E-state index is 0.457. The Bertz CT molecular complexity index is 158. The van der Waals surface area contributed by atoms with Crippen molar-refractivity contribution in [2.24, 2.45) is 11.5 Å². The Morgan fingerprint density at radius 1 is 1.50 bits per heavy atom. The van der Waals surface area contributed by atoms with Crippen LogP contribution >= 0.6 is 0 Å². The third-order valence-electron chi connectivity index (χ3n) is 2.14. The van der Waals surface area contributed by atoms with Crippen LogP contribution in [0.1, 0.15) is 26.2 Å². The standard InChI is InChI=1S/C8H19N3O/c1-4-5-6-8(10,7(9)12)11(2)3/h4-6,10H2,1-3H3,(H2,9,12)/t8-/m0/s1. The molecule has 1 amide bonds. The molecule has 0 aromatic rings. The fourth-order valence-corrected chi connectivity index (χ4v) is 1.01. The summed E-state index contributed by atoms with van der Waals surface area (Å²) in [4.78, 5) is 12.7. The van der Waals surface area contributed by atoms with E-state index in [1.807, 2.05) is 0 Å². The van der Waals surface area contributed by atoms with Crippen molar-refractivity contribution in [3.05, 3.63) is 0 Å². The first-order valence-corrected chi connectivity index (χ1v) is 4.21. The molecule has 0 aromatic carbocycles. The highest BCUT2D eigenvalue weighted by atomic mass is 16.2. The van der Waals surface area contributed by atoms with Crippen LogP contribution in [0.3, 0.4) is 0 Å². The molecule has 0 rings (SSSR count). The number of amides is 1. The Labute approximate surface area is 73.9 Å². The van der Waals surface area contributed by atoms with E-state index in [0.717, 1.165) is 12.8 Å². The third kappa shape index (κ3) is 2.46. The maximum absolute atomic E-state index is 11.0. The summed E-state index contributed by atoms with van der Waals surface area (Å²) in [5.74, 6) is -0.457. The third-order valence-corrected chi connectivity index (χ3v) is 2.14. The van der Waals surface area contributed by atoms with Gasteiger partial charge in [0.25, 0.3) is 5.91 Å². The van der Waals surface area contributed by atoms with Gasteiger partial charge in [-0.1, -0.05) is 13.3 Å². The lowest BCUT2D eigenvalue weighted by molar-refractivity contribution is -0.129. The minimum Gasteiger partial charge on any atom is -0.367 e. The van der Waals surface area contributed by atoms with Gasteiger partial charge in [-0.2, -0.15) is 0 Å². The van der Waals surface area contributed by atoms with Crippen LogP contribution in [0.15, 0.2) is 0 Å². The zero-order valence-corrected chi connectivity index (χ0v) is 8.13. The normalized spacial score (nSPS) is 16.1. The van der Waals surface area contributed by atoms with Crippen LogP contribution < -0.4 is 11.5 Å². The van der Waals surface area contributed by atoms with Gasteiger partial charge in [-0.05, 0) is 26.9 Å². The summed E-state index contributed by atoms with van der Waals surface area (Å²) in [6, 6.07) is 0. The van der Waals surface area contributed by atoms with Crippen LogP contribution in [0.2, 0.25) is 0 Å². The fourth-order valence-electron chi connectivity index (χ4n) is 1.01. The highest BCUT2D eigenvalue weighted by Crippen LogP contribution is 2.12. The van der Waals surface area contributed by atoms with E-state index in [4.69, 9.17) is 11.5 Å². The highest BCUT2D eigenvalue weighted by Gasteiger charge is 2.33. The minimum atomic E-state index is -0.976. The molecule has 0 saturated heterocycles. The smallest absolute Gasteiger partial charge is 0.252 e. The molecular weight excluding hydrogens is 154 g/mol. The second-order valence-electron chi connectivity index (χ2n) is 3.29. The van der Waals surface area contributed by atoms with Gasteiger partial charge in [-0.15, -0.1) is 0 Å². The lowest BCUT2D eigenvalue weighted by Gasteiger charge is -2.32. The Hall–Kier alpha value is -0.610. The maximum Gasteiger partial charge on any atom is 0.252 e. The number of rotatable bonds is 5. The molecule has 12 heavy (non-hydrogen) atoms. The van der Waals surface area contributed by atoms with E-state index in [2.05, 4.69) is 6.92 Å². The van der Waals surface area contributed by atoms with Gasteiger partial charge in [0.15, 0.2) is 0 Å². The molecule has 0 aromatic heterocycles. The number of primary amides is 1. The van der Waals surface area contributed by atoms with Crippen molar-refractivity contribution < 1.29 is 4.79 Å². The Kier molecular flexibility index (Phi) is 4.20. The lowest BCUT2D eigenvalue weighted by atomic mass is 10.0. The molecular formula is C8H19N3O. The average Bonchev–Trinajstić information content (AvgIpc) is 1.99. The number of hydrogen-bond donors (Lipinski definition) is 2. The number of likely N-dealkylation sites (N-methyl/N-ethyl adjacent to an activating group) is 1. The molecule has 0 aliphatic heterocycles. The van der Waals surface area contributed by atoms with Crippen molar-refractivity contribution in [1.29, 1.82) is 0 Å². The SMILES string of the molecule is CCCC[C@@](N)(C(N)=O)N(C)C. The van der Waals surface area contributed by atoms with E-state index in [0.29, 0.717) is 6.42 Å². The second-order valence-corrected chi connectivity index (χ2v) is 3.29. The Morgan fingerprint density at radius 3 is 2.25 bits per heavy atom. The number of carbonyl (C=O) groups excluding carboxylic acids is 1. The molecule has 4 nitrogen and oxygen atoms in total. The molecule has 1 atom stereocenters. The zero-order valence-electron chi connectivity index (χ0n) is 8.13. The van der Waals surface area contributed by atoms with E-state index in [-0.39, 0.29) is 0 Å². The van der Waals surface area contributed by atoms with Crippen LogP contribution in [0.4, 0.5) is 0 Å². The number of unbranched alkanes of at least 4 members (excludes halogenated alkanes) is 1. The first kappa shape index (κ1) is 11.4. The van der Waals surface area contributed by atoms with Crippen LogP contribution in [0.5, 0.6) is 0 Å². The first-order valence-electron chi connectivity index (χ1n) is 4.21. The van der Waals surface area contributed by atoms with Crippen molar-refractivity contribution in [3.63, 3.8) is 0 Å². The Morgan fingerprint density at radius 2 is 2.00 bits per heavy atom. The second kappa shape index (κ2) is 4.42. The van der Waals surface area contributed by atoms with Crippen molar-refractivity contribution in [3.8, 4) is 0 Å². The molecule has 72 valence electrons. The van der Waals surface area contributed by atoms with Gasteiger partial charge in [-0.3, -0.25) is 9.69 Å². The first-order chi connectivity index (χ1) is 5.45. The molecule has 0 fully saturated rings. The van der Waals surface area contributed by atoms with E-state index < -0.39 is 11.6 Å². The zero-order chi connectivity index (χ0) is 9.78. The number of carbonyl (C=O) groups is 1. The van der Waals surface area contributed by atoms with Crippen LogP contribution in [-0.2, 0) is 4.79 Å². The average molecular weight is 173 g/mol. The number of hydrogen-bond acceptors (Lipinski definition) is 3. The summed E-state index contributed by atoms with van der Waals surface area (Å²) in [5.41, 5.74) is 10.1. The summed E-state index contributed by atoms with van der Waals surface area (Å²) in [6.45, 7) is 2.05. The molecule has 0 aliphatic rings. The van der Waals surface area contributed by atoms with Crippen LogP contribution in [0.25, 0.3) is 0 Å². The van der Waals surface area contributed by atoms with Gasteiger partial charge < -0.3 is 11.5 Å². The summed E-state index contributed by atoms with van der Waals surface area (Å²) in [7, 11) is 3.53. The van der Waals surface area contributed by atoms with Gasteiger partial charge in [0.05, 0.1) is 0 Å². The van der Waals surface area contributed by atoms with E-state index in [9.17, 15) is 4.79 Å². The topological polar surface area (TPSA) is 72.3 Å². The maximum atomic E-state index is 11.0. The van der Waals surface area contributed by atoms with Crippen molar-refractivity contribution in [2.45, 2.75) is 31.8 Å². The van der Waals surface area contributed by atoms with Gasteiger partial charge in [0.2, 0.25) is 0 Å². The highest BCUT2D eigenvalue weighted by molar-refractivity contribution is 5.83. The summed E-state index contributed by atoms with van der Waals surface area (Å²) < 4.78 is 0. The molecule has 0 unspecified atom stereocenters. The predicted molar refractivity (Wildman–Crippen MR) is 49.3 cm³/mol. The number of nitrogens with two attached hydrogens (primary N) is 2. The number of nitrogens with zero attached hydrogens (tertiary/aromatic N) is 1. The van der Waals surface area contributed by atoms with Gasteiger partial charge >= 0.3 is 0 Å². The molecule has 0 bridgehead atoms. The summed E-state index contributed by atoms with van der Waals surface area (Å²) >= 11 is 0. The lowest BCUT2D eigenvalue weighted by Crippen LogP contribution is -2.61. The van der Waals surface area contributed by atoms with E-state index in [1.54, 1.807) is 19.0 Å². The molecule has 4 heteroatoms. The molecule has 0 radical (unpaired) electrons. The van der Waals surface area contributed by atoms with E-state index >= 15 is 0 Å². The van der Waals surface area contributed by atoms with Gasteiger partial charge in [0.1, 0.15) is 5.66 Å². The molecule has 0 aliphatic carbocycles. The van der Waals surface area contributed by atoms with Crippen LogP contribution in [-0.4, -0.2) is 30.6 Å². The fraction of sp³-hybridized carbons (Fsp3) is 0.875.